The van der Waals surface area contributed by atoms with Gasteiger partial charge in [-0.25, -0.2) is 8.42 Å². The quantitative estimate of drug-likeness (QED) is 0.876. The van der Waals surface area contributed by atoms with Crippen LogP contribution in [0.25, 0.3) is 0 Å². The van der Waals surface area contributed by atoms with Crippen molar-refractivity contribution in [3.8, 4) is 0 Å². The molecular formula is C13H20Cl2N2O2S. The van der Waals surface area contributed by atoms with Gasteiger partial charge in [-0.2, -0.15) is 0 Å². The van der Waals surface area contributed by atoms with Gasteiger partial charge in [-0.05, 0) is 5.56 Å². The molecule has 4 nitrogen and oxygen atoms in total. The molecule has 0 aliphatic carbocycles. The summed E-state index contributed by atoms with van der Waals surface area (Å²) in [5, 5.41) is -0.240. The van der Waals surface area contributed by atoms with Gasteiger partial charge in [0.2, 0.25) is 0 Å². The van der Waals surface area contributed by atoms with E-state index in [0.717, 1.165) is 13.1 Å². The van der Waals surface area contributed by atoms with Gasteiger partial charge in [0.1, 0.15) is 0 Å². The number of rotatable bonds is 2. The highest BCUT2D eigenvalue weighted by molar-refractivity contribution is 7.92. The SMILES string of the molecule is Cl.Cl.NC1CS(=O)(=O)C2CN(Cc3ccccc3)CC12. The molecule has 2 aliphatic rings. The number of hydrogen-bond donors (Lipinski definition) is 1. The predicted molar refractivity (Wildman–Crippen MR) is 85.3 cm³/mol. The number of fused-ring (bicyclic) bond motifs is 1. The Labute approximate surface area is 132 Å². The van der Waals surface area contributed by atoms with Crippen molar-refractivity contribution in [1.29, 1.82) is 0 Å². The molecule has 2 N–H and O–H groups in total. The van der Waals surface area contributed by atoms with Crippen molar-refractivity contribution < 1.29 is 8.42 Å². The lowest BCUT2D eigenvalue weighted by Crippen LogP contribution is -2.33. The van der Waals surface area contributed by atoms with Crippen LogP contribution in [-0.2, 0) is 16.4 Å². The topological polar surface area (TPSA) is 63.4 Å². The van der Waals surface area contributed by atoms with E-state index in [1.807, 2.05) is 18.2 Å². The summed E-state index contributed by atoms with van der Waals surface area (Å²) in [7, 11) is -2.96. The van der Waals surface area contributed by atoms with Crippen LogP contribution >= 0.6 is 24.8 Å². The van der Waals surface area contributed by atoms with Crippen molar-refractivity contribution in [2.75, 3.05) is 18.8 Å². The Hall–Kier alpha value is -0.330. The van der Waals surface area contributed by atoms with Crippen LogP contribution in [0.4, 0.5) is 0 Å². The minimum Gasteiger partial charge on any atom is -0.326 e. The third-order valence-corrected chi connectivity index (χ3v) is 6.34. The fourth-order valence-electron chi connectivity index (χ4n) is 3.16. The summed E-state index contributed by atoms with van der Waals surface area (Å²) < 4.78 is 23.9. The van der Waals surface area contributed by atoms with E-state index in [1.165, 1.54) is 5.56 Å². The van der Waals surface area contributed by atoms with Crippen molar-refractivity contribution in [2.45, 2.75) is 17.8 Å². The first kappa shape index (κ1) is 17.7. The molecule has 0 spiro atoms. The summed E-state index contributed by atoms with van der Waals surface area (Å²) in [5.41, 5.74) is 7.17. The first-order valence-corrected chi connectivity index (χ1v) is 8.01. The molecule has 1 aromatic carbocycles. The van der Waals surface area contributed by atoms with E-state index in [4.69, 9.17) is 5.73 Å². The largest absolute Gasteiger partial charge is 0.326 e. The van der Waals surface area contributed by atoms with Gasteiger partial charge in [-0.1, -0.05) is 30.3 Å². The summed E-state index contributed by atoms with van der Waals surface area (Å²) in [6, 6.07) is 9.97. The van der Waals surface area contributed by atoms with Gasteiger partial charge in [-0.15, -0.1) is 24.8 Å². The minimum atomic E-state index is -2.96. The van der Waals surface area contributed by atoms with Crippen molar-refractivity contribution in [2.24, 2.45) is 11.7 Å². The molecule has 3 rings (SSSR count). The lowest BCUT2D eigenvalue weighted by atomic mass is 10.0. The Morgan fingerprint density at radius 2 is 1.80 bits per heavy atom. The molecule has 2 heterocycles. The molecule has 2 aliphatic heterocycles. The van der Waals surface area contributed by atoms with Gasteiger partial charge in [0, 0.05) is 31.6 Å². The summed E-state index contributed by atoms with van der Waals surface area (Å²) in [6.07, 6.45) is 0. The zero-order valence-corrected chi connectivity index (χ0v) is 13.5. The van der Waals surface area contributed by atoms with Crippen LogP contribution < -0.4 is 5.73 Å². The molecule has 2 fully saturated rings. The van der Waals surface area contributed by atoms with E-state index in [0.29, 0.717) is 6.54 Å². The van der Waals surface area contributed by atoms with Gasteiger partial charge < -0.3 is 5.73 Å². The van der Waals surface area contributed by atoms with E-state index in [2.05, 4.69) is 17.0 Å². The average molecular weight is 339 g/mol. The fraction of sp³-hybridized carbons (Fsp3) is 0.538. The molecule has 3 atom stereocenters. The molecule has 7 heteroatoms. The van der Waals surface area contributed by atoms with Gasteiger partial charge in [0.05, 0.1) is 11.0 Å². The molecule has 3 unspecified atom stereocenters. The monoisotopic (exact) mass is 338 g/mol. The Balaban J connectivity index is 0.000001000. The standard InChI is InChI=1S/C13H18N2O2S.2ClH/c14-12-9-18(16,17)13-8-15(7-11(12)13)6-10-4-2-1-3-5-10;;/h1-5,11-13H,6-9,14H2;2*1H. The first-order valence-electron chi connectivity index (χ1n) is 6.30. The van der Waals surface area contributed by atoms with Crippen LogP contribution in [0.5, 0.6) is 0 Å². The van der Waals surface area contributed by atoms with Crippen LogP contribution in [0, 0.1) is 5.92 Å². The van der Waals surface area contributed by atoms with E-state index < -0.39 is 9.84 Å². The molecule has 114 valence electrons. The van der Waals surface area contributed by atoms with Gasteiger partial charge >= 0.3 is 0 Å². The van der Waals surface area contributed by atoms with Gasteiger partial charge in [-0.3, -0.25) is 4.90 Å². The van der Waals surface area contributed by atoms with Crippen LogP contribution in [-0.4, -0.2) is 43.5 Å². The van der Waals surface area contributed by atoms with E-state index in [-0.39, 0.29) is 47.8 Å². The maximum atomic E-state index is 11.9. The van der Waals surface area contributed by atoms with E-state index in [9.17, 15) is 8.42 Å². The number of likely N-dealkylation sites (tertiary alicyclic amines) is 1. The number of nitrogens with zero attached hydrogens (tertiary/aromatic N) is 1. The van der Waals surface area contributed by atoms with Crippen LogP contribution in [0.15, 0.2) is 30.3 Å². The highest BCUT2D eigenvalue weighted by Crippen LogP contribution is 2.33. The second kappa shape index (κ2) is 6.62. The molecule has 0 amide bonds. The molecular weight excluding hydrogens is 319 g/mol. The summed E-state index contributed by atoms with van der Waals surface area (Å²) in [6.45, 7) is 2.26. The summed E-state index contributed by atoms with van der Waals surface area (Å²) >= 11 is 0. The predicted octanol–water partition coefficient (Wildman–Crippen LogP) is 1.09. The lowest BCUT2D eigenvalue weighted by Gasteiger charge is -2.17. The van der Waals surface area contributed by atoms with Crippen molar-refractivity contribution in [3.63, 3.8) is 0 Å². The Morgan fingerprint density at radius 1 is 1.15 bits per heavy atom. The van der Waals surface area contributed by atoms with Crippen molar-refractivity contribution in [3.05, 3.63) is 35.9 Å². The summed E-state index contributed by atoms with van der Waals surface area (Å²) in [4.78, 5) is 2.21. The smallest absolute Gasteiger partial charge is 0.156 e. The van der Waals surface area contributed by atoms with Crippen molar-refractivity contribution in [1.82, 2.24) is 4.90 Å². The Bertz CT molecular complexity index is 539. The third-order valence-electron chi connectivity index (χ3n) is 4.07. The van der Waals surface area contributed by atoms with Crippen LogP contribution in [0.2, 0.25) is 0 Å². The molecule has 1 aromatic rings. The Kier molecular flexibility index (Phi) is 5.87. The van der Waals surface area contributed by atoms with Crippen molar-refractivity contribution >= 4 is 34.7 Å². The highest BCUT2D eigenvalue weighted by atomic mass is 35.5. The van der Waals surface area contributed by atoms with Gasteiger partial charge in [0.15, 0.2) is 9.84 Å². The first-order chi connectivity index (χ1) is 8.56. The number of hydrogen-bond acceptors (Lipinski definition) is 4. The molecule has 0 bridgehead atoms. The molecule has 0 aromatic heterocycles. The molecule has 2 saturated heterocycles. The van der Waals surface area contributed by atoms with E-state index in [1.54, 1.807) is 0 Å². The second-order valence-corrected chi connectivity index (χ2v) is 7.64. The molecule has 0 radical (unpaired) electrons. The zero-order valence-electron chi connectivity index (χ0n) is 11.0. The third kappa shape index (κ3) is 3.28. The normalized spacial score (nSPS) is 31.1. The van der Waals surface area contributed by atoms with Crippen LogP contribution in [0.3, 0.4) is 0 Å². The fourth-order valence-corrected chi connectivity index (χ4v) is 5.45. The number of benzene rings is 1. The van der Waals surface area contributed by atoms with Crippen LogP contribution in [0.1, 0.15) is 5.56 Å². The lowest BCUT2D eigenvalue weighted by molar-refractivity contribution is 0.308. The number of sulfone groups is 1. The molecule has 0 saturated carbocycles. The van der Waals surface area contributed by atoms with E-state index >= 15 is 0 Å². The number of nitrogens with two attached hydrogens (primary N) is 1. The number of halogens is 2. The molecule has 20 heavy (non-hydrogen) atoms. The Morgan fingerprint density at radius 3 is 2.40 bits per heavy atom. The maximum Gasteiger partial charge on any atom is 0.156 e. The highest BCUT2D eigenvalue weighted by Gasteiger charge is 2.50. The zero-order chi connectivity index (χ0) is 12.8. The second-order valence-electron chi connectivity index (χ2n) is 5.38. The average Bonchev–Trinajstić information content (AvgIpc) is 2.82. The maximum absolute atomic E-state index is 11.9. The van der Waals surface area contributed by atoms with Gasteiger partial charge in [0.25, 0.3) is 0 Å². The minimum absolute atomic E-state index is 0. The summed E-state index contributed by atoms with van der Waals surface area (Å²) in [5.74, 6) is 0.292.